The summed E-state index contributed by atoms with van der Waals surface area (Å²) in [5.74, 6) is 0. The minimum absolute atomic E-state index is 0.696. The topological polar surface area (TPSA) is 26.9 Å². The highest BCUT2D eigenvalue weighted by Gasteiger charge is 2.07. The van der Waals surface area contributed by atoms with Gasteiger partial charge in [0.2, 0.25) is 0 Å². The SMILES string of the molecule is Cn1cccc1-c1ccc(C=O)n1C. The standard InChI is InChI=1S/C11H12N2O/c1-12-7-3-4-10(12)11-6-5-9(8-14)13(11)2/h3-8H,1-2H3. The molecule has 0 aliphatic carbocycles. The zero-order valence-corrected chi connectivity index (χ0v) is 8.27. The highest BCUT2D eigenvalue weighted by Crippen LogP contribution is 2.20. The number of nitrogens with zero attached hydrogens (tertiary/aromatic N) is 2. The first-order valence-electron chi connectivity index (χ1n) is 4.46. The summed E-state index contributed by atoms with van der Waals surface area (Å²) in [6, 6.07) is 7.81. The van der Waals surface area contributed by atoms with Gasteiger partial charge in [0, 0.05) is 20.3 Å². The Morgan fingerprint density at radius 1 is 1.14 bits per heavy atom. The minimum atomic E-state index is 0.696. The third kappa shape index (κ3) is 1.18. The number of aryl methyl sites for hydroxylation is 1. The van der Waals surface area contributed by atoms with Crippen molar-refractivity contribution in [2.24, 2.45) is 14.1 Å². The minimum Gasteiger partial charge on any atom is -0.349 e. The molecule has 3 heteroatoms. The first-order valence-corrected chi connectivity index (χ1v) is 4.46. The third-order valence-electron chi connectivity index (χ3n) is 2.49. The molecule has 0 fully saturated rings. The van der Waals surface area contributed by atoms with Crippen LogP contribution in [0.2, 0.25) is 0 Å². The molecule has 0 spiro atoms. The molecule has 0 aliphatic rings. The van der Waals surface area contributed by atoms with Crippen molar-refractivity contribution in [1.82, 2.24) is 9.13 Å². The van der Waals surface area contributed by atoms with Crippen molar-refractivity contribution >= 4 is 6.29 Å². The number of hydrogen-bond donors (Lipinski definition) is 0. The van der Waals surface area contributed by atoms with Gasteiger partial charge in [-0.05, 0) is 24.3 Å². The van der Waals surface area contributed by atoms with Crippen molar-refractivity contribution in [2.45, 2.75) is 0 Å². The second kappa shape index (κ2) is 3.18. The summed E-state index contributed by atoms with van der Waals surface area (Å²) in [5.41, 5.74) is 2.86. The van der Waals surface area contributed by atoms with Gasteiger partial charge in [-0.2, -0.15) is 0 Å². The summed E-state index contributed by atoms with van der Waals surface area (Å²) in [5, 5.41) is 0. The van der Waals surface area contributed by atoms with E-state index in [0.29, 0.717) is 5.69 Å². The van der Waals surface area contributed by atoms with Crippen molar-refractivity contribution in [2.75, 3.05) is 0 Å². The highest BCUT2D eigenvalue weighted by atomic mass is 16.1. The van der Waals surface area contributed by atoms with E-state index < -0.39 is 0 Å². The molecule has 2 rings (SSSR count). The summed E-state index contributed by atoms with van der Waals surface area (Å²) in [4.78, 5) is 10.7. The van der Waals surface area contributed by atoms with Crippen LogP contribution in [0, 0.1) is 0 Å². The fraction of sp³-hybridized carbons (Fsp3) is 0.182. The van der Waals surface area contributed by atoms with Crippen LogP contribution in [0.5, 0.6) is 0 Å². The van der Waals surface area contributed by atoms with Gasteiger partial charge in [0.15, 0.2) is 6.29 Å². The molecule has 0 amide bonds. The second-order valence-corrected chi connectivity index (χ2v) is 3.32. The Morgan fingerprint density at radius 2 is 1.93 bits per heavy atom. The summed E-state index contributed by atoms with van der Waals surface area (Å²) in [6.07, 6.45) is 2.86. The molecular weight excluding hydrogens is 176 g/mol. The van der Waals surface area contributed by atoms with Crippen molar-refractivity contribution < 1.29 is 4.79 Å². The number of carbonyl (C=O) groups excluding carboxylic acids is 1. The maximum atomic E-state index is 10.7. The Hall–Kier alpha value is -1.77. The van der Waals surface area contributed by atoms with Gasteiger partial charge in [0.25, 0.3) is 0 Å². The first-order chi connectivity index (χ1) is 6.74. The average molecular weight is 188 g/mol. The first kappa shape index (κ1) is 8.81. The molecule has 0 N–H and O–H groups in total. The van der Waals surface area contributed by atoms with Crippen LogP contribution in [-0.2, 0) is 14.1 Å². The van der Waals surface area contributed by atoms with Gasteiger partial charge < -0.3 is 9.13 Å². The molecule has 14 heavy (non-hydrogen) atoms. The van der Waals surface area contributed by atoms with E-state index in [1.165, 1.54) is 0 Å². The third-order valence-corrected chi connectivity index (χ3v) is 2.49. The average Bonchev–Trinajstić information content (AvgIpc) is 2.72. The van der Waals surface area contributed by atoms with Crippen LogP contribution in [0.25, 0.3) is 11.4 Å². The molecule has 2 heterocycles. The lowest BCUT2D eigenvalue weighted by atomic mass is 10.3. The number of hydrogen-bond acceptors (Lipinski definition) is 1. The predicted octanol–water partition coefficient (Wildman–Crippen LogP) is 1.84. The van der Waals surface area contributed by atoms with Crippen LogP contribution in [-0.4, -0.2) is 15.4 Å². The lowest BCUT2D eigenvalue weighted by molar-refractivity contribution is 0.111. The van der Waals surface area contributed by atoms with Crippen LogP contribution >= 0.6 is 0 Å². The number of aldehydes is 1. The molecule has 0 saturated carbocycles. The number of aromatic nitrogens is 2. The Kier molecular flexibility index (Phi) is 2.00. The fourth-order valence-electron chi connectivity index (χ4n) is 1.63. The van der Waals surface area contributed by atoms with Crippen LogP contribution in [0.3, 0.4) is 0 Å². The second-order valence-electron chi connectivity index (χ2n) is 3.32. The summed E-state index contributed by atoms with van der Waals surface area (Å²) in [7, 11) is 3.88. The summed E-state index contributed by atoms with van der Waals surface area (Å²) < 4.78 is 3.92. The van der Waals surface area contributed by atoms with E-state index in [1.54, 1.807) is 0 Å². The van der Waals surface area contributed by atoms with E-state index in [1.807, 2.05) is 53.7 Å². The Bertz CT molecular complexity index is 465. The number of rotatable bonds is 2. The summed E-state index contributed by atoms with van der Waals surface area (Å²) >= 11 is 0. The van der Waals surface area contributed by atoms with Gasteiger partial charge in [0.05, 0.1) is 17.1 Å². The van der Waals surface area contributed by atoms with Crippen molar-refractivity contribution in [3.8, 4) is 11.4 Å². The van der Waals surface area contributed by atoms with Gasteiger partial charge in [-0.1, -0.05) is 0 Å². The van der Waals surface area contributed by atoms with Gasteiger partial charge in [0.1, 0.15) is 0 Å². The van der Waals surface area contributed by atoms with Crippen LogP contribution < -0.4 is 0 Å². The normalized spacial score (nSPS) is 10.4. The lowest BCUT2D eigenvalue weighted by Gasteiger charge is -2.05. The van der Waals surface area contributed by atoms with Crippen molar-refractivity contribution in [1.29, 1.82) is 0 Å². The van der Waals surface area contributed by atoms with Crippen LogP contribution in [0.1, 0.15) is 10.5 Å². The Labute approximate surface area is 82.6 Å². The highest BCUT2D eigenvalue weighted by molar-refractivity contribution is 5.75. The van der Waals surface area contributed by atoms with E-state index in [4.69, 9.17) is 0 Å². The maximum absolute atomic E-state index is 10.7. The van der Waals surface area contributed by atoms with E-state index in [9.17, 15) is 4.79 Å². The van der Waals surface area contributed by atoms with Gasteiger partial charge in [-0.25, -0.2) is 0 Å². The molecule has 72 valence electrons. The van der Waals surface area contributed by atoms with Gasteiger partial charge in [-0.3, -0.25) is 4.79 Å². The molecule has 0 bridgehead atoms. The summed E-state index contributed by atoms with van der Waals surface area (Å²) in [6.45, 7) is 0. The van der Waals surface area contributed by atoms with Gasteiger partial charge >= 0.3 is 0 Å². The zero-order chi connectivity index (χ0) is 10.1. The molecule has 2 aromatic rings. The van der Waals surface area contributed by atoms with Crippen LogP contribution in [0.4, 0.5) is 0 Å². The monoisotopic (exact) mass is 188 g/mol. The van der Waals surface area contributed by atoms with Gasteiger partial charge in [-0.15, -0.1) is 0 Å². The van der Waals surface area contributed by atoms with Crippen molar-refractivity contribution in [3.05, 3.63) is 36.2 Å². The molecule has 3 nitrogen and oxygen atoms in total. The molecule has 0 radical (unpaired) electrons. The van der Waals surface area contributed by atoms with Crippen LogP contribution in [0.15, 0.2) is 30.5 Å². The lowest BCUT2D eigenvalue weighted by Crippen LogP contribution is -1.99. The molecule has 0 unspecified atom stereocenters. The molecule has 0 atom stereocenters. The number of carbonyl (C=O) groups is 1. The molecule has 0 aliphatic heterocycles. The quantitative estimate of drug-likeness (QED) is 0.661. The van der Waals surface area contributed by atoms with E-state index >= 15 is 0 Å². The van der Waals surface area contributed by atoms with E-state index in [0.717, 1.165) is 17.7 Å². The Morgan fingerprint density at radius 3 is 2.43 bits per heavy atom. The smallest absolute Gasteiger partial charge is 0.166 e. The molecule has 0 aromatic carbocycles. The fourth-order valence-corrected chi connectivity index (χ4v) is 1.63. The molecule has 0 saturated heterocycles. The van der Waals surface area contributed by atoms with E-state index in [-0.39, 0.29) is 0 Å². The largest absolute Gasteiger partial charge is 0.349 e. The predicted molar refractivity (Wildman–Crippen MR) is 55.2 cm³/mol. The molecule has 2 aromatic heterocycles. The van der Waals surface area contributed by atoms with Crippen molar-refractivity contribution in [3.63, 3.8) is 0 Å². The zero-order valence-electron chi connectivity index (χ0n) is 8.27. The van der Waals surface area contributed by atoms with E-state index in [2.05, 4.69) is 0 Å². The Balaban J connectivity index is 2.58. The maximum Gasteiger partial charge on any atom is 0.166 e. The molecular formula is C11H12N2O.